The molecule has 33 heavy (non-hydrogen) atoms. The van der Waals surface area contributed by atoms with E-state index < -0.39 is 0 Å². The van der Waals surface area contributed by atoms with Crippen molar-refractivity contribution in [1.82, 2.24) is 20.1 Å². The van der Waals surface area contributed by atoms with Gasteiger partial charge in [-0.25, -0.2) is 4.39 Å². The summed E-state index contributed by atoms with van der Waals surface area (Å²) in [6, 6.07) is 14.6. The summed E-state index contributed by atoms with van der Waals surface area (Å²) in [5.74, 6) is 0.608. The minimum Gasteiger partial charge on any atom is -0.376 e. The Bertz CT molecular complexity index is 1110. The van der Waals surface area contributed by atoms with Gasteiger partial charge in [0, 0.05) is 12.2 Å². The number of amides is 1. The fourth-order valence-electron chi connectivity index (χ4n) is 4.63. The van der Waals surface area contributed by atoms with E-state index in [1.807, 2.05) is 10.6 Å². The maximum absolute atomic E-state index is 13.4. The highest BCUT2D eigenvalue weighted by Gasteiger charge is 2.24. The van der Waals surface area contributed by atoms with Crippen molar-refractivity contribution >= 4 is 17.7 Å². The predicted octanol–water partition coefficient (Wildman–Crippen LogP) is 4.55. The lowest BCUT2D eigenvalue weighted by Gasteiger charge is -2.26. The van der Waals surface area contributed by atoms with Gasteiger partial charge in [0.1, 0.15) is 5.82 Å². The molecule has 2 atom stereocenters. The number of thioether (sulfide) groups is 1. The maximum atomic E-state index is 13.4. The van der Waals surface area contributed by atoms with Crippen LogP contribution in [0.3, 0.4) is 0 Å². The van der Waals surface area contributed by atoms with Gasteiger partial charge in [0.2, 0.25) is 5.91 Å². The molecule has 5 rings (SSSR count). The average Bonchev–Trinajstić information content (AvgIpc) is 3.49. The number of nitrogens with one attached hydrogen (secondary N) is 1. The number of aromatic nitrogens is 3. The van der Waals surface area contributed by atoms with Crippen molar-refractivity contribution in [3.8, 4) is 11.4 Å². The third-order valence-corrected chi connectivity index (χ3v) is 7.23. The number of rotatable bonds is 7. The Balaban J connectivity index is 1.30. The van der Waals surface area contributed by atoms with Crippen LogP contribution in [-0.2, 0) is 22.5 Å². The number of carbonyl (C=O) groups excluding carboxylic acids is 1. The molecule has 6 nitrogen and oxygen atoms in total. The normalized spacial score (nSPS) is 19.9. The van der Waals surface area contributed by atoms with Crippen molar-refractivity contribution in [3.05, 3.63) is 65.5 Å². The van der Waals surface area contributed by atoms with Crippen molar-refractivity contribution < 1.29 is 13.9 Å². The van der Waals surface area contributed by atoms with Gasteiger partial charge in [-0.05, 0) is 67.5 Å². The zero-order valence-corrected chi connectivity index (χ0v) is 19.2. The molecule has 1 amide bonds. The lowest BCUT2D eigenvalue weighted by Crippen LogP contribution is -2.32. The minimum absolute atomic E-state index is 0.0169. The Kier molecular flexibility index (Phi) is 6.73. The van der Waals surface area contributed by atoms with Gasteiger partial charge < -0.3 is 10.1 Å². The number of benzene rings is 2. The van der Waals surface area contributed by atoms with Gasteiger partial charge in [0.15, 0.2) is 11.0 Å². The van der Waals surface area contributed by atoms with E-state index in [0.717, 1.165) is 44.3 Å². The first-order valence-corrected chi connectivity index (χ1v) is 12.5. The molecule has 0 unspecified atom stereocenters. The Morgan fingerprint density at radius 1 is 1.12 bits per heavy atom. The maximum Gasteiger partial charge on any atom is 0.230 e. The fraction of sp³-hybridized carbons (Fsp3) is 0.400. The van der Waals surface area contributed by atoms with E-state index in [0.29, 0.717) is 17.5 Å². The predicted molar refractivity (Wildman–Crippen MR) is 125 cm³/mol. The summed E-state index contributed by atoms with van der Waals surface area (Å²) in [6.07, 6.45) is 5.20. The van der Waals surface area contributed by atoms with E-state index in [1.165, 1.54) is 35.0 Å². The topological polar surface area (TPSA) is 69.0 Å². The van der Waals surface area contributed by atoms with Crippen LogP contribution in [0.5, 0.6) is 0 Å². The van der Waals surface area contributed by atoms with Crippen LogP contribution in [0.25, 0.3) is 11.4 Å². The molecule has 2 heterocycles. The van der Waals surface area contributed by atoms with Gasteiger partial charge >= 0.3 is 0 Å². The molecule has 1 aliphatic heterocycles. The first-order chi connectivity index (χ1) is 16.2. The standard InChI is InChI=1S/C25H27FN4O2S/c26-19-12-10-18(11-13-19)24-28-29-25(30(24)15-20-7-4-14-32-20)33-16-23(31)27-22-9-3-6-17-5-1-2-8-21(17)22/h1-2,5,8,10-13,20,22H,3-4,6-7,9,14-16H2,(H,27,31)/t20-,22-/m0/s1. The zero-order valence-electron chi connectivity index (χ0n) is 18.4. The molecule has 1 saturated heterocycles. The average molecular weight is 467 g/mol. The highest BCUT2D eigenvalue weighted by Crippen LogP contribution is 2.30. The molecule has 1 fully saturated rings. The van der Waals surface area contributed by atoms with E-state index in [2.05, 4.69) is 33.7 Å². The molecule has 0 saturated carbocycles. The van der Waals surface area contributed by atoms with E-state index in [9.17, 15) is 9.18 Å². The van der Waals surface area contributed by atoms with Crippen molar-refractivity contribution in [3.63, 3.8) is 0 Å². The summed E-state index contributed by atoms with van der Waals surface area (Å²) in [5.41, 5.74) is 3.33. The van der Waals surface area contributed by atoms with Gasteiger partial charge in [-0.3, -0.25) is 9.36 Å². The van der Waals surface area contributed by atoms with Gasteiger partial charge in [0.25, 0.3) is 0 Å². The van der Waals surface area contributed by atoms with Crippen LogP contribution >= 0.6 is 11.8 Å². The number of ether oxygens (including phenoxy) is 1. The minimum atomic E-state index is -0.292. The Morgan fingerprint density at radius 3 is 2.79 bits per heavy atom. The summed E-state index contributed by atoms with van der Waals surface area (Å²) in [7, 11) is 0. The van der Waals surface area contributed by atoms with Gasteiger partial charge in [-0.1, -0.05) is 36.0 Å². The summed E-state index contributed by atoms with van der Waals surface area (Å²) < 4.78 is 21.2. The summed E-state index contributed by atoms with van der Waals surface area (Å²) in [6.45, 7) is 1.37. The van der Waals surface area contributed by atoms with Crippen molar-refractivity contribution in [2.75, 3.05) is 12.4 Å². The lowest BCUT2D eigenvalue weighted by atomic mass is 9.88. The van der Waals surface area contributed by atoms with Crippen LogP contribution in [0, 0.1) is 5.82 Å². The molecular weight excluding hydrogens is 439 g/mol. The lowest BCUT2D eigenvalue weighted by molar-refractivity contribution is -0.119. The molecule has 0 radical (unpaired) electrons. The van der Waals surface area contributed by atoms with Crippen molar-refractivity contribution in [2.45, 2.75) is 56.0 Å². The molecule has 2 aromatic carbocycles. The number of carbonyl (C=O) groups is 1. The quantitative estimate of drug-likeness (QED) is 0.518. The first kappa shape index (κ1) is 22.1. The summed E-state index contributed by atoms with van der Waals surface area (Å²) >= 11 is 1.37. The fourth-order valence-corrected chi connectivity index (χ4v) is 5.39. The Hall–Kier alpha value is -2.71. The SMILES string of the molecule is O=C(CSc1nnc(-c2ccc(F)cc2)n1C[C@@H]1CCCO1)N[C@H]1CCCc2ccccc21. The van der Waals surface area contributed by atoms with E-state index in [-0.39, 0.29) is 29.6 Å². The third-order valence-electron chi connectivity index (χ3n) is 6.27. The van der Waals surface area contributed by atoms with Crippen molar-refractivity contribution in [2.24, 2.45) is 0 Å². The molecule has 1 N–H and O–H groups in total. The highest BCUT2D eigenvalue weighted by atomic mass is 32.2. The first-order valence-electron chi connectivity index (χ1n) is 11.5. The largest absolute Gasteiger partial charge is 0.376 e. The van der Waals surface area contributed by atoms with E-state index in [4.69, 9.17) is 4.74 Å². The molecule has 1 aromatic heterocycles. The number of hydrogen-bond acceptors (Lipinski definition) is 5. The zero-order chi connectivity index (χ0) is 22.6. The van der Waals surface area contributed by atoms with Crippen LogP contribution in [-0.4, -0.2) is 39.1 Å². The number of fused-ring (bicyclic) bond motifs is 1. The number of aryl methyl sites for hydroxylation is 1. The van der Waals surface area contributed by atoms with Crippen LogP contribution in [0.4, 0.5) is 4.39 Å². The molecule has 3 aromatic rings. The van der Waals surface area contributed by atoms with Crippen LogP contribution in [0.1, 0.15) is 42.9 Å². The van der Waals surface area contributed by atoms with Crippen LogP contribution in [0.2, 0.25) is 0 Å². The number of halogens is 1. The second-order valence-electron chi connectivity index (χ2n) is 8.56. The summed E-state index contributed by atoms with van der Waals surface area (Å²) in [4.78, 5) is 12.8. The molecule has 172 valence electrons. The van der Waals surface area contributed by atoms with Crippen LogP contribution < -0.4 is 5.32 Å². The number of nitrogens with zero attached hydrogens (tertiary/aromatic N) is 3. The smallest absolute Gasteiger partial charge is 0.230 e. The summed E-state index contributed by atoms with van der Waals surface area (Å²) in [5, 5.41) is 12.6. The number of hydrogen-bond donors (Lipinski definition) is 1. The molecular formula is C25H27FN4O2S. The van der Waals surface area contributed by atoms with Gasteiger partial charge in [-0.15, -0.1) is 10.2 Å². The monoisotopic (exact) mass is 466 g/mol. The Morgan fingerprint density at radius 2 is 1.97 bits per heavy atom. The third kappa shape index (κ3) is 5.12. The van der Waals surface area contributed by atoms with Crippen LogP contribution in [0.15, 0.2) is 53.7 Å². The van der Waals surface area contributed by atoms with Crippen molar-refractivity contribution in [1.29, 1.82) is 0 Å². The molecule has 0 bridgehead atoms. The molecule has 1 aliphatic carbocycles. The second kappa shape index (κ2) is 10.1. The molecule has 8 heteroatoms. The molecule has 2 aliphatic rings. The Labute approximate surface area is 196 Å². The van der Waals surface area contributed by atoms with E-state index >= 15 is 0 Å². The van der Waals surface area contributed by atoms with Gasteiger partial charge in [0.05, 0.1) is 24.4 Å². The van der Waals surface area contributed by atoms with E-state index in [1.54, 1.807) is 12.1 Å². The van der Waals surface area contributed by atoms with Gasteiger partial charge in [-0.2, -0.15) is 0 Å². The molecule has 0 spiro atoms. The second-order valence-corrected chi connectivity index (χ2v) is 9.50. The highest BCUT2D eigenvalue weighted by molar-refractivity contribution is 7.99.